The van der Waals surface area contributed by atoms with Gasteiger partial charge < -0.3 is 19.9 Å². The number of ether oxygens (including phenoxy) is 3. The minimum Gasteiger partial charge on any atom is -0.493 e. The van der Waals surface area contributed by atoms with Crippen LogP contribution in [0, 0.1) is 0 Å². The molecule has 0 saturated carbocycles. The van der Waals surface area contributed by atoms with Gasteiger partial charge in [0, 0.05) is 25.7 Å². The maximum atomic E-state index is 6.26. The van der Waals surface area contributed by atoms with Gasteiger partial charge in [-0.15, -0.1) is 0 Å². The summed E-state index contributed by atoms with van der Waals surface area (Å²) in [5, 5.41) is 0.536. The Morgan fingerprint density at radius 1 is 1.30 bits per heavy atom. The third-order valence-electron chi connectivity index (χ3n) is 3.55. The van der Waals surface area contributed by atoms with Crippen LogP contribution in [0.1, 0.15) is 11.6 Å². The van der Waals surface area contributed by atoms with E-state index in [1.54, 1.807) is 14.2 Å². The molecule has 0 radical (unpaired) electrons. The van der Waals surface area contributed by atoms with E-state index in [-0.39, 0.29) is 6.04 Å². The Morgan fingerprint density at radius 3 is 2.55 bits per heavy atom. The summed E-state index contributed by atoms with van der Waals surface area (Å²) in [5.41, 5.74) is 6.99. The zero-order valence-electron chi connectivity index (χ0n) is 11.9. The lowest BCUT2D eigenvalue weighted by molar-refractivity contribution is 0.0178. The summed E-state index contributed by atoms with van der Waals surface area (Å²) in [4.78, 5) is 2.31. The van der Waals surface area contributed by atoms with Gasteiger partial charge in [0.2, 0.25) is 0 Å². The molecule has 1 unspecified atom stereocenters. The average Bonchev–Trinajstić information content (AvgIpc) is 2.48. The van der Waals surface area contributed by atoms with Gasteiger partial charge in [-0.3, -0.25) is 4.90 Å². The summed E-state index contributed by atoms with van der Waals surface area (Å²) < 4.78 is 16.0. The average molecular weight is 301 g/mol. The van der Waals surface area contributed by atoms with Crippen LogP contribution in [-0.4, -0.2) is 52.0 Å². The molecule has 2 N–H and O–H groups in total. The first-order chi connectivity index (χ1) is 9.71. The van der Waals surface area contributed by atoms with Crippen molar-refractivity contribution < 1.29 is 14.2 Å². The molecule has 1 heterocycles. The standard InChI is InChI=1S/C14H21ClN2O3/c1-18-13-8-10(7-11(15)14(13)19-2)12(9-16)17-3-5-20-6-4-17/h7-8,12H,3-6,9,16H2,1-2H3. The highest BCUT2D eigenvalue weighted by molar-refractivity contribution is 6.32. The van der Waals surface area contributed by atoms with Gasteiger partial charge in [0.25, 0.3) is 0 Å². The first-order valence-corrected chi connectivity index (χ1v) is 7.02. The Labute approximate surface area is 124 Å². The van der Waals surface area contributed by atoms with Gasteiger partial charge in [0.15, 0.2) is 11.5 Å². The topological polar surface area (TPSA) is 57.0 Å². The molecule has 20 heavy (non-hydrogen) atoms. The van der Waals surface area contributed by atoms with E-state index in [2.05, 4.69) is 4.90 Å². The third-order valence-corrected chi connectivity index (χ3v) is 3.83. The molecule has 1 atom stereocenters. The molecule has 0 bridgehead atoms. The van der Waals surface area contributed by atoms with Crippen LogP contribution in [0.4, 0.5) is 0 Å². The molecule has 1 aromatic carbocycles. The van der Waals surface area contributed by atoms with Gasteiger partial charge in [0.05, 0.1) is 32.5 Å². The second-order valence-electron chi connectivity index (χ2n) is 4.64. The predicted octanol–water partition coefficient (Wildman–Crippen LogP) is 1.69. The smallest absolute Gasteiger partial charge is 0.179 e. The molecule has 2 rings (SSSR count). The Kier molecular flexibility index (Phi) is 5.48. The number of rotatable bonds is 5. The fraction of sp³-hybridized carbons (Fsp3) is 0.571. The van der Waals surface area contributed by atoms with Crippen molar-refractivity contribution in [2.75, 3.05) is 47.1 Å². The van der Waals surface area contributed by atoms with Crippen LogP contribution in [0.3, 0.4) is 0 Å². The Bertz CT molecular complexity index is 450. The molecular weight excluding hydrogens is 280 g/mol. The van der Waals surface area contributed by atoms with E-state index in [0.717, 1.165) is 31.9 Å². The monoisotopic (exact) mass is 300 g/mol. The lowest BCUT2D eigenvalue weighted by Crippen LogP contribution is -2.41. The molecule has 1 fully saturated rings. The molecule has 6 heteroatoms. The van der Waals surface area contributed by atoms with Crippen molar-refractivity contribution in [2.24, 2.45) is 5.73 Å². The molecule has 112 valence electrons. The molecule has 0 amide bonds. The quantitative estimate of drug-likeness (QED) is 0.897. The number of hydrogen-bond donors (Lipinski definition) is 1. The Hall–Kier alpha value is -1.01. The lowest BCUT2D eigenvalue weighted by atomic mass is 10.0. The van der Waals surface area contributed by atoms with E-state index in [4.69, 9.17) is 31.5 Å². The highest BCUT2D eigenvalue weighted by atomic mass is 35.5. The Balaban J connectivity index is 2.31. The van der Waals surface area contributed by atoms with E-state index in [0.29, 0.717) is 23.1 Å². The summed E-state index contributed by atoms with van der Waals surface area (Å²) in [7, 11) is 3.18. The van der Waals surface area contributed by atoms with E-state index in [9.17, 15) is 0 Å². The summed E-state index contributed by atoms with van der Waals surface area (Å²) in [6.07, 6.45) is 0. The zero-order valence-corrected chi connectivity index (χ0v) is 12.7. The minimum absolute atomic E-state index is 0.108. The summed E-state index contributed by atoms with van der Waals surface area (Å²) in [5.74, 6) is 1.18. The van der Waals surface area contributed by atoms with Crippen LogP contribution in [0.15, 0.2) is 12.1 Å². The molecule has 0 aromatic heterocycles. The number of benzene rings is 1. The Morgan fingerprint density at radius 2 is 2.00 bits per heavy atom. The van der Waals surface area contributed by atoms with Gasteiger partial charge in [0.1, 0.15) is 0 Å². The molecule has 5 nitrogen and oxygen atoms in total. The maximum Gasteiger partial charge on any atom is 0.179 e. The van der Waals surface area contributed by atoms with Gasteiger partial charge in [-0.1, -0.05) is 11.6 Å². The van der Waals surface area contributed by atoms with Crippen molar-refractivity contribution in [3.8, 4) is 11.5 Å². The predicted molar refractivity (Wildman–Crippen MR) is 78.7 cm³/mol. The van der Waals surface area contributed by atoms with Crippen LogP contribution in [0.5, 0.6) is 11.5 Å². The number of methoxy groups -OCH3 is 2. The van der Waals surface area contributed by atoms with Crippen molar-refractivity contribution in [3.63, 3.8) is 0 Å². The minimum atomic E-state index is 0.108. The van der Waals surface area contributed by atoms with Crippen LogP contribution >= 0.6 is 11.6 Å². The van der Waals surface area contributed by atoms with E-state index >= 15 is 0 Å². The summed E-state index contributed by atoms with van der Waals surface area (Å²) >= 11 is 6.26. The van der Waals surface area contributed by atoms with Gasteiger partial charge in [-0.25, -0.2) is 0 Å². The normalized spacial score (nSPS) is 17.8. The second kappa shape index (κ2) is 7.13. The second-order valence-corrected chi connectivity index (χ2v) is 5.05. The fourth-order valence-corrected chi connectivity index (χ4v) is 2.81. The first kappa shape index (κ1) is 15.4. The third kappa shape index (κ3) is 3.17. The molecule has 1 aromatic rings. The summed E-state index contributed by atoms with van der Waals surface area (Å²) in [6, 6.07) is 3.95. The first-order valence-electron chi connectivity index (χ1n) is 6.64. The molecule has 0 aliphatic carbocycles. The zero-order chi connectivity index (χ0) is 14.5. The molecular formula is C14H21ClN2O3. The van der Waals surface area contributed by atoms with Crippen LogP contribution in [0.2, 0.25) is 5.02 Å². The van der Waals surface area contributed by atoms with Crippen molar-refractivity contribution in [1.29, 1.82) is 0 Å². The number of morpholine rings is 1. The number of hydrogen-bond acceptors (Lipinski definition) is 5. The lowest BCUT2D eigenvalue weighted by Gasteiger charge is -2.34. The number of halogens is 1. The maximum absolute atomic E-state index is 6.26. The largest absolute Gasteiger partial charge is 0.493 e. The van der Waals surface area contributed by atoms with Crippen LogP contribution in [-0.2, 0) is 4.74 Å². The van der Waals surface area contributed by atoms with Crippen LogP contribution < -0.4 is 15.2 Å². The van der Waals surface area contributed by atoms with Gasteiger partial charge in [-0.2, -0.15) is 0 Å². The van der Waals surface area contributed by atoms with Crippen molar-refractivity contribution in [3.05, 3.63) is 22.7 Å². The highest BCUT2D eigenvalue weighted by Gasteiger charge is 2.23. The number of nitrogens with zero attached hydrogens (tertiary/aromatic N) is 1. The highest BCUT2D eigenvalue weighted by Crippen LogP contribution is 2.38. The number of nitrogens with two attached hydrogens (primary N) is 1. The van der Waals surface area contributed by atoms with E-state index < -0.39 is 0 Å². The molecule has 0 spiro atoms. The fourth-order valence-electron chi connectivity index (χ4n) is 2.52. The van der Waals surface area contributed by atoms with Crippen LogP contribution in [0.25, 0.3) is 0 Å². The molecule has 1 aliphatic heterocycles. The van der Waals surface area contributed by atoms with Gasteiger partial charge in [-0.05, 0) is 17.7 Å². The van der Waals surface area contributed by atoms with E-state index in [1.165, 1.54) is 0 Å². The molecule has 1 saturated heterocycles. The SMILES string of the molecule is COc1cc(C(CN)N2CCOCC2)cc(Cl)c1OC. The van der Waals surface area contributed by atoms with Crippen molar-refractivity contribution in [2.45, 2.75) is 6.04 Å². The summed E-state index contributed by atoms with van der Waals surface area (Å²) in [6.45, 7) is 3.72. The molecule has 1 aliphatic rings. The van der Waals surface area contributed by atoms with Crippen molar-refractivity contribution >= 4 is 11.6 Å². The van der Waals surface area contributed by atoms with Crippen molar-refractivity contribution in [1.82, 2.24) is 4.90 Å². The van der Waals surface area contributed by atoms with E-state index in [1.807, 2.05) is 12.1 Å². The van der Waals surface area contributed by atoms with Gasteiger partial charge >= 0.3 is 0 Å².